The second-order valence-electron chi connectivity index (χ2n) is 3.69. The molecule has 0 saturated heterocycles. The zero-order chi connectivity index (χ0) is 14.0. The molecule has 0 radical (unpaired) electrons. The number of fused-ring (bicyclic) bond motifs is 1. The summed E-state index contributed by atoms with van der Waals surface area (Å²) in [6, 6.07) is 0. The Balaban J connectivity index is 2.27. The SMILES string of the molecule is NNc1cn2ccnc2c(NCC(F)(F)C(F)F)n1. The van der Waals surface area contributed by atoms with E-state index in [4.69, 9.17) is 5.84 Å². The lowest BCUT2D eigenvalue weighted by atomic mass is 10.3. The molecule has 0 aromatic carbocycles. The molecule has 4 N–H and O–H groups in total. The molecule has 0 aliphatic carbocycles. The topological polar surface area (TPSA) is 80.3 Å². The summed E-state index contributed by atoms with van der Waals surface area (Å²) in [6.07, 6.45) is 0.660. The van der Waals surface area contributed by atoms with Crippen molar-refractivity contribution in [1.29, 1.82) is 0 Å². The van der Waals surface area contributed by atoms with Gasteiger partial charge in [-0.3, -0.25) is 0 Å². The Morgan fingerprint density at radius 2 is 2.16 bits per heavy atom. The summed E-state index contributed by atoms with van der Waals surface area (Å²) in [7, 11) is 0. The number of rotatable bonds is 5. The molecule has 10 heteroatoms. The fourth-order valence-electron chi connectivity index (χ4n) is 1.40. The molecule has 2 heterocycles. The van der Waals surface area contributed by atoms with Gasteiger partial charge in [0.2, 0.25) is 0 Å². The minimum absolute atomic E-state index is 0.0687. The van der Waals surface area contributed by atoms with Crippen LogP contribution in [-0.4, -0.2) is 33.3 Å². The van der Waals surface area contributed by atoms with Crippen molar-refractivity contribution in [2.45, 2.75) is 12.3 Å². The zero-order valence-corrected chi connectivity index (χ0v) is 9.45. The van der Waals surface area contributed by atoms with Gasteiger partial charge in [0, 0.05) is 12.4 Å². The molecule has 0 saturated carbocycles. The number of halogens is 4. The van der Waals surface area contributed by atoms with E-state index in [1.54, 1.807) is 0 Å². The molecule has 0 spiro atoms. The Kier molecular flexibility index (Phi) is 3.42. The van der Waals surface area contributed by atoms with Crippen molar-refractivity contribution < 1.29 is 17.6 Å². The number of imidazole rings is 1. The van der Waals surface area contributed by atoms with Gasteiger partial charge in [-0.15, -0.1) is 0 Å². The molecule has 0 unspecified atom stereocenters. The molecule has 0 aliphatic rings. The Morgan fingerprint density at radius 3 is 2.79 bits per heavy atom. The van der Waals surface area contributed by atoms with Gasteiger partial charge in [-0.05, 0) is 0 Å². The van der Waals surface area contributed by atoms with E-state index in [0.29, 0.717) is 0 Å². The van der Waals surface area contributed by atoms with Crippen molar-refractivity contribution in [3.63, 3.8) is 0 Å². The number of hydrazine groups is 1. The number of nitrogens with zero attached hydrogens (tertiary/aromatic N) is 3. The number of nitrogens with one attached hydrogen (secondary N) is 2. The van der Waals surface area contributed by atoms with Crippen LogP contribution >= 0.6 is 0 Å². The molecule has 2 aromatic heterocycles. The average Bonchev–Trinajstić information content (AvgIpc) is 2.83. The van der Waals surface area contributed by atoms with Crippen molar-refractivity contribution in [3.8, 4) is 0 Å². The number of hydrogen-bond acceptors (Lipinski definition) is 5. The molecule has 19 heavy (non-hydrogen) atoms. The van der Waals surface area contributed by atoms with Crippen LogP contribution in [0.1, 0.15) is 0 Å². The maximum absolute atomic E-state index is 12.8. The summed E-state index contributed by atoms with van der Waals surface area (Å²) >= 11 is 0. The summed E-state index contributed by atoms with van der Waals surface area (Å²) in [6.45, 7) is -1.26. The van der Waals surface area contributed by atoms with Crippen molar-refractivity contribution in [1.82, 2.24) is 14.4 Å². The average molecular weight is 278 g/mol. The minimum Gasteiger partial charge on any atom is -0.361 e. The van der Waals surface area contributed by atoms with E-state index in [1.165, 1.54) is 23.0 Å². The molecule has 2 aromatic rings. The molecule has 2 rings (SSSR count). The van der Waals surface area contributed by atoms with E-state index in [1.807, 2.05) is 0 Å². The first-order valence-corrected chi connectivity index (χ1v) is 5.14. The molecule has 104 valence electrons. The van der Waals surface area contributed by atoms with Crippen LogP contribution in [0.25, 0.3) is 5.65 Å². The van der Waals surface area contributed by atoms with Crippen molar-refractivity contribution in [2.24, 2.45) is 5.84 Å². The van der Waals surface area contributed by atoms with Gasteiger partial charge < -0.3 is 15.1 Å². The molecule has 6 nitrogen and oxygen atoms in total. The van der Waals surface area contributed by atoms with E-state index in [9.17, 15) is 17.6 Å². The molecule has 0 fully saturated rings. The van der Waals surface area contributed by atoms with E-state index in [0.717, 1.165) is 0 Å². The maximum Gasteiger partial charge on any atom is 0.324 e. The zero-order valence-electron chi connectivity index (χ0n) is 9.45. The second kappa shape index (κ2) is 4.88. The van der Waals surface area contributed by atoms with E-state index >= 15 is 0 Å². The first kappa shape index (κ1) is 13.3. The van der Waals surface area contributed by atoms with Crippen LogP contribution in [0.2, 0.25) is 0 Å². The number of anilines is 2. The van der Waals surface area contributed by atoms with Gasteiger partial charge in [0.15, 0.2) is 17.3 Å². The summed E-state index contributed by atoms with van der Waals surface area (Å²) in [5.41, 5.74) is 2.46. The molecule has 0 atom stereocenters. The van der Waals surface area contributed by atoms with Crippen LogP contribution in [0.15, 0.2) is 18.6 Å². The number of nitrogens with two attached hydrogens (primary N) is 1. The summed E-state index contributed by atoms with van der Waals surface area (Å²) in [5, 5.41) is 2.15. The smallest absolute Gasteiger partial charge is 0.324 e. The minimum atomic E-state index is -4.16. The lowest BCUT2D eigenvalue weighted by Gasteiger charge is -2.16. The van der Waals surface area contributed by atoms with Crippen molar-refractivity contribution in [3.05, 3.63) is 18.6 Å². The number of alkyl halides is 4. The summed E-state index contributed by atoms with van der Waals surface area (Å²) < 4.78 is 51.2. The van der Waals surface area contributed by atoms with Gasteiger partial charge in [0.25, 0.3) is 0 Å². The first-order chi connectivity index (χ1) is 8.94. The van der Waals surface area contributed by atoms with Crippen LogP contribution in [0.3, 0.4) is 0 Å². The van der Waals surface area contributed by atoms with Crippen LogP contribution < -0.4 is 16.6 Å². The van der Waals surface area contributed by atoms with E-state index < -0.39 is 18.9 Å². The number of aromatic nitrogens is 3. The normalized spacial score (nSPS) is 12.1. The Hall–Kier alpha value is -2.10. The lowest BCUT2D eigenvalue weighted by Crippen LogP contribution is -2.35. The Bertz CT molecular complexity index is 569. The van der Waals surface area contributed by atoms with Gasteiger partial charge in [0.05, 0.1) is 12.7 Å². The largest absolute Gasteiger partial charge is 0.361 e. The third kappa shape index (κ3) is 2.67. The van der Waals surface area contributed by atoms with Crippen LogP contribution in [0.5, 0.6) is 0 Å². The predicted octanol–water partition coefficient (Wildman–Crippen LogP) is 1.33. The highest BCUT2D eigenvalue weighted by molar-refractivity contribution is 5.65. The Labute approximate surface area is 104 Å². The van der Waals surface area contributed by atoms with Crippen molar-refractivity contribution in [2.75, 3.05) is 17.3 Å². The van der Waals surface area contributed by atoms with Gasteiger partial charge in [0.1, 0.15) is 0 Å². The van der Waals surface area contributed by atoms with Gasteiger partial charge >= 0.3 is 12.3 Å². The van der Waals surface area contributed by atoms with E-state index in [2.05, 4.69) is 20.7 Å². The molecule has 0 aliphatic heterocycles. The fraction of sp³-hybridized carbons (Fsp3) is 0.333. The van der Waals surface area contributed by atoms with Crippen LogP contribution in [0, 0.1) is 0 Å². The summed E-state index contributed by atoms with van der Waals surface area (Å²) in [5.74, 6) is 1.12. The second-order valence-corrected chi connectivity index (χ2v) is 3.69. The van der Waals surface area contributed by atoms with Gasteiger partial charge in [-0.2, -0.15) is 8.78 Å². The Morgan fingerprint density at radius 1 is 1.42 bits per heavy atom. The van der Waals surface area contributed by atoms with Gasteiger partial charge in [-0.1, -0.05) is 0 Å². The fourth-order valence-corrected chi connectivity index (χ4v) is 1.40. The van der Waals surface area contributed by atoms with E-state index in [-0.39, 0.29) is 17.3 Å². The molecular formula is C9H10F4N6. The molecular weight excluding hydrogens is 268 g/mol. The van der Waals surface area contributed by atoms with Crippen LogP contribution in [-0.2, 0) is 0 Å². The monoisotopic (exact) mass is 278 g/mol. The third-order valence-electron chi connectivity index (χ3n) is 2.33. The standard InChI is InChI=1S/C9H10F4N6/c10-8(11)9(12,13)4-16-6-7-15-1-2-19(7)3-5(17-6)18-14/h1-3,8,18H,4,14H2,(H,16,17). The van der Waals surface area contributed by atoms with Crippen molar-refractivity contribution >= 4 is 17.3 Å². The highest BCUT2D eigenvalue weighted by atomic mass is 19.3. The maximum atomic E-state index is 12.8. The number of hydrogen-bond donors (Lipinski definition) is 3. The lowest BCUT2D eigenvalue weighted by molar-refractivity contribution is -0.117. The number of nitrogen functional groups attached to an aromatic ring is 1. The van der Waals surface area contributed by atoms with Crippen LogP contribution in [0.4, 0.5) is 29.2 Å². The third-order valence-corrected chi connectivity index (χ3v) is 2.33. The molecule has 0 bridgehead atoms. The molecule has 0 amide bonds. The highest BCUT2D eigenvalue weighted by Gasteiger charge is 2.40. The quantitative estimate of drug-likeness (QED) is 0.437. The van der Waals surface area contributed by atoms with Gasteiger partial charge in [-0.25, -0.2) is 24.6 Å². The summed E-state index contributed by atoms with van der Waals surface area (Å²) in [4.78, 5) is 7.72. The predicted molar refractivity (Wildman–Crippen MR) is 60.2 cm³/mol. The first-order valence-electron chi connectivity index (χ1n) is 5.14. The highest BCUT2D eigenvalue weighted by Crippen LogP contribution is 2.24.